The Morgan fingerprint density at radius 2 is 1.79 bits per heavy atom. The lowest BCUT2D eigenvalue weighted by molar-refractivity contribution is 0.0950. The van der Waals surface area contributed by atoms with Crippen molar-refractivity contribution in [2.45, 2.75) is 19.9 Å². The van der Waals surface area contributed by atoms with E-state index < -0.39 is 0 Å². The maximum absolute atomic E-state index is 12.4. The van der Waals surface area contributed by atoms with Crippen LogP contribution in [-0.4, -0.2) is 17.7 Å². The Bertz CT molecular complexity index is 969. The Labute approximate surface area is 163 Å². The molecule has 4 rings (SSSR count). The number of ether oxygens (including phenoxy) is 2. The Balaban J connectivity index is 1.34. The number of aryl methyl sites for hydroxylation is 1. The molecule has 2 heterocycles. The Morgan fingerprint density at radius 1 is 1.00 bits per heavy atom. The molecule has 0 aliphatic carbocycles. The van der Waals surface area contributed by atoms with Crippen molar-refractivity contribution in [3.63, 3.8) is 0 Å². The third-order valence-corrected chi connectivity index (χ3v) is 4.55. The van der Waals surface area contributed by atoms with E-state index in [0.29, 0.717) is 23.7 Å². The largest absolute Gasteiger partial charge is 0.454 e. The van der Waals surface area contributed by atoms with E-state index in [4.69, 9.17) is 9.47 Å². The number of hydrogen-bond acceptors (Lipinski definition) is 5. The molecule has 1 aliphatic heterocycles. The van der Waals surface area contributed by atoms with E-state index in [1.807, 2.05) is 30.3 Å². The lowest BCUT2D eigenvalue weighted by atomic mass is 10.1. The fraction of sp³-hybridized carbons (Fsp3) is 0.182. The van der Waals surface area contributed by atoms with Crippen molar-refractivity contribution in [2.75, 3.05) is 12.1 Å². The fourth-order valence-corrected chi connectivity index (χ4v) is 2.91. The number of hydrogen-bond donors (Lipinski definition) is 2. The zero-order chi connectivity index (χ0) is 19.3. The minimum Gasteiger partial charge on any atom is -0.454 e. The third kappa shape index (κ3) is 4.06. The summed E-state index contributed by atoms with van der Waals surface area (Å²) in [5.74, 6) is 1.95. The van der Waals surface area contributed by atoms with Gasteiger partial charge in [-0.25, -0.2) is 4.98 Å². The SMILES string of the molecule is CCc1ccc(Nc2ccc(C(=O)NCc3ccc4c(c3)OCO4)cn2)cc1. The number of carbonyl (C=O) groups excluding carboxylic acids is 1. The van der Waals surface area contributed by atoms with Gasteiger partial charge in [0.25, 0.3) is 5.91 Å². The van der Waals surface area contributed by atoms with Gasteiger partial charge in [-0.15, -0.1) is 0 Å². The first-order chi connectivity index (χ1) is 13.7. The van der Waals surface area contributed by atoms with Crippen LogP contribution in [-0.2, 0) is 13.0 Å². The van der Waals surface area contributed by atoms with E-state index >= 15 is 0 Å². The monoisotopic (exact) mass is 375 g/mol. The first-order valence-corrected chi connectivity index (χ1v) is 9.20. The van der Waals surface area contributed by atoms with Crippen LogP contribution in [0.1, 0.15) is 28.4 Å². The number of amides is 1. The Kier molecular flexibility index (Phi) is 5.10. The van der Waals surface area contributed by atoms with E-state index in [-0.39, 0.29) is 12.7 Å². The summed E-state index contributed by atoms with van der Waals surface area (Å²) >= 11 is 0. The molecule has 0 fully saturated rings. The molecule has 0 bridgehead atoms. The highest BCUT2D eigenvalue weighted by Gasteiger charge is 2.13. The molecule has 28 heavy (non-hydrogen) atoms. The number of pyridine rings is 1. The molecular formula is C22H21N3O3. The summed E-state index contributed by atoms with van der Waals surface area (Å²) in [4.78, 5) is 16.7. The first kappa shape index (κ1) is 17.9. The Hall–Kier alpha value is -3.54. The van der Waals surface area contributed by atoms with Gasteiger partial charge in [-0.3, -0.25) is 4.79 Å². The minimum atomic E-state index is -0.177. The highest BCUT2D eigenvalue weighted by molar-refractivity contribution is 5.94. The second-order valence-corrected chi connectivity index (χ2v) is 6.48. The van der Waals surface area contributed by atoms with Crippen LogP contribution in [0, 0.1) is 0 Å². The highest BCUT2D eigenvalue weighted by Crippen LogP contribution is 2.32. The number of carbonyl (C=O) groups is 1. The van der Waals surface area contributed by atoms with Crippen LogP contribution in [0.15, 0.2) is 60.8 Å². The molecule has 2 aromatic carbocycles. The zero-order valence-corrected chi connectivity index (χ0v) is 15.6. The lowest BCUT2D eigenvalue weighted by Gasteiger charge is -2.08. The van der Waals surface area contributed by atoms with Crippen molar-refractivity contribution >= 4 is 17.4 Å². The van der Waals surface area contributed by atoms with Gasteiger partial charge in [-0.05, 0) is 53.9 Å². The maximum atomic E-state index is 12.4. The molecule has 142 valence electrons. The van der Waals surface area contributed by atoms with Gasteiger partial charge in [0.1, 0.15) is 5.82 Å². The smallest absolute Gasteiger partial charge is 0.253 e. The molecule has 0 radical (unpaired) electrons. The zero-order valence-electron chi connectivity index (χ0n) is 15.6. The number of benzene rings is 2. The first-order valence-electron chi connectivity index (χ1n) is 9.20. The van der Waals surface area contributed by atoms with Gasteiger partial charge in [0.15, 0.2) is 11.5 Å². The predicted molar refractivity (Wildman–Crippen MR) is 107 cm³/mol. The summed E-state index contributed by atoms with van der Waals surface area (Å²) in [5, 5.41) is 6.13. The average Bonchev–Trinajstić information content (AvgIpc) is 3.21. The van der Waals surface area contributed by atoms with Crippen molar-refractivity contribution < 1.29 is 14.3 Å². The number of rotatable bonds is 6. The number of anilines is 2. The average molecular weight is 375 g/mol. The third-order valence-electron chi connectivity index (χ3n) is 4.55. The molecule has 2 N–H and O–H groups in total. The number of nitrogens with one attached hydrogen (secondary N) is 2. The maximum Gasteiger partial charge on any atom is 0.253 e. The molecule has 0 saturated carbocycles. The van der Waals surface area contributed by atoms with Gasteiger partial charge in [0, 0.05) is 18.4 Å². The molecule has 6 nitrogen and oxygen atoms in total. The van der Waals surface area contributed by atoms with Crippen LogP contribution in [0.25, 0.3) is 0 Å². The topological polar surface area (TPSA) is 72.5 Å². The summed E-state index contributed by atoms with van der Waals surface area (Å²) in [6.45, 7) is 2.76. The van der Waals surface area contributed by atoms with Crippen molar-refractivity contribution in [1.82, 2.24) is 10.3 Å². The summed E-state index contributed by atoms with van der Waals surface area (Å²) in [6.07, 6.45) is 2.58. The summed E-state index contributed by atoms with van der Waals surface area (Å²) < 4.78 is 10.6. The van der Waals surface area contributed by atoms with Crippen molar-refractivity contribution in [1.29, 1.82) is 0 Å². The van der Waals surface area contributed by atoms with Crippen LogP contribution in [0.3, 0.4) is 0 Å². The molecule has 3 aromatic rings. The van der Waals surface area contributed by atoms with Crippen LogP contribution >= 0.6 is 0 Å². The van der Waals surface area contributed by atoms with E-state index in [0.717, 1.165) is 23.4 Å². The van der Waals surface area contributed by atoms with Gasteiger partial charge in [0.05, 0.1) is 5.56 Å². The Morgan fingerprint density at radius 3 is 2.54 bits per heavy atom. The summed E-state index contributed by atoms with van der Waals surface area (Å²) in [7, 11) is 0. The van der Waals surface area contributed by atoms with E-state index in [1.54, 1.807) is 18.3 Å². The van der Waals surface area contributed by atoms with Crippen LogP contribution < -0.4 is 20.1 Å². The van der Waals surface area contributed by atoms with Gasteiger partial charge in [-0.1, -0.05) is 25.1 Å². The molecule has 0 atom stereocenters. The highest BCUT2D eigenvalue weighted by atomic mass is 16.7. The molecule has 6 heteroatoms. The van der Waals surface area contributed by atoms with Crippen molar-refractivity contribution in [2.24, 2.45) is 0 Å². The van der Waals surface area contributed by atoms with Crippen molar-refractivity contribution in [3.8, 4) is 11.5 Å². The van der Waals surface area contributed by atoms with Crippen LogP contribution in [0.2, 0.25) is 0 Å². The van der Waals surface area contributed by atoms with Crippen LogP contribution in [0.5, 0.6) is 11.5 Å². The summed E-state index contributed by atoms with van der Waals surface area (Å²) in [6, 6.07) is 17.4. The van der Waals surface area contributed by atoms with E-state index in [2.05, 4.69) is 34.7 Å². The van der Waals surface area contributed by atoms with Gasteiger partial charge < -0.3 is 20.1 Å². The standard InChI is InChI=1S/C22H21N3O3/c1-2-15-3-7-18(8-4-15)25-21-10-6-17(13-23-21)22(26)24-12-16-5-9-19-20(11-16)28-14-27-19/h3-11,13H,2,12,14H2,1H3,(H,23,25)(H,24,26). The summed E-state index contributed by atoms with van der Waals surface area (Å²) in [5.41, 5.74) is 3.70. The molecular weight excluding hydrogens is 354 g/mol. The van der Waals surface area contributed by atoms with E-state index in [1.165, 1.54) is 5.56 Å². The van der Waals surface area contributed by atoms with Crippen LogP contribution in [0.4, 0.5) is 11.5 Å². The molecule has 1 aromatic heterocycles. The van der Waals surface area contributed by atoms with Crippen molar-refractivity contribution in [3.05, 3.63) is 77.5 Å². The quantitative estimate of drug-likeness (QED) is 0.680. The molecule has 0 unspecified atom stereocenters. The van der Waals surface area contributed by atoms with Gasteiger partial charge >= 0.3 is 0 Å². The molecule has 1 amide bonds. The van der Waals surface area contributed by atoms with E-state index in [9.17, 15) is 4.79 Å². The molecule has 0 spiro atoms. The second kappa shape index (κ2) is 8.00. The predicted octanol–water partition coefficient (Wildman–Crippen LogP) is 4.05. The number of nitrogens with zero attached hydrogens (tertiary/aromatic N) is 1. The number of fused-ring (bicyclic) bond motifs is 1. The molecule has 0 saturated heterocycles. The van der Waals surface area contributed by atoms with Gasteiger partial charge in [-0.2, -0.15) is 0 Å². The number of aromatic nitrogens is 1. The lowest BCUT2D eigenvalue weighted by Crippen LogP contribution is -2.22. The fourth-order valence-electron chi connectivity index (χ4n) is 2.91. The van der Waals surface area contributed by atoms with Gasteiger partial charge in [0.2, 0.25) is 6.79 Å². The minimum absolute atomic E-state index is 0.177. The molecule has 1 aliphatic rings. The normalized spacial score (nSPS) is 11.9. The second-order valence-electron chi connectivity index (χ2n) is 6.48.